The van der Waals surface area contributed by atoms with Crippen LogP contribution >= 0.6 is 0 Å². The van der Waals surface area contributed by atoms with Crippen molar-refractivity contribution in [3.05, 3.63) is 141 Å². The molecule has 2 heterocycles. The van der Waals surface area contributed by atoms with Gasteiger partial charge in [0.1, 0.15) is 11.7 Å². The van der Waals surface area contributed by atoms with E-state index in [0.717, 1.165) is 83.9 Å². The number of fused-ring (bicyclic) bond motifs is 2. The van der Waals surface area contributed by atoms with Gasteiger partial charge in [-0.25, -0.2) is 20.0 Å². The van der Waals surface area contributed by atoms with Crippen molar-refractivity contribution in [3.63, 3.8) is 0 Å². The van der Waals surface area contributed by atoms with Gasteiger partial charge in [0, 0.05) is 22.3 Å². The van der Waals surface area contributed by atoms with Crippen LogP contribution in [0, 0.1) is 10.8 Å². The van der Waals surface area contributed by atoms with Crippen molar-refractivity contribution in [2.75, 3.05) is 0 Å². The first-order valence-electron chi connectivity index (χ1n) is 15.4. The van der Waals surface area contributed by atoms with Crippen LogP contribution in [0.1, 0.15) is 73.6 Å². The maximum atomic E-state index is 7.91. The fourth-order valence-electron chi connectivity index (χ4n) is 6.25. The van der Waals surface area contributed by atoms with Crippen LogP contribution < -0.4 is 32.9 Å². The monoisotopic (exact) mass is 582 g/mol. The van der Waals surface area contributed by atoms with E-state index in [-0.39, 0.29) is 11.7 Å². The molecule has 6 rings (SSSR count). The lowest BCUT2D eigenvalue weighted by Crippen LogP contribution is -2.22. The summed E-state index contributed by atoms with van der Waals surface area (Å²) in [7, 11) is 0. The van der Waals surface area contributed by atoms with E-state index in [1.165, 1.54) is 0 Å². The molecule has 0 amide bonds. The van der Waals surface area contributed by atoms with E-state index in [4.69, 9.17) is 42.3 Å². The number of hydrogen-bond acceptors (Lipinski definition) is 6. The highest BCUT2D eigenvalue weighted by Gasteiger charge is 2.34. The molecule has 0 aromatic heterocycles. The van der Waals surface area contributed by atoms with Gasteiger partial charge in [-0.3, -0.25) is 10.8 Å². The third-order valence-electron chi connectivity index (χ3n) is 8.56. The smallest absolute Gasteiger partial charge is 0.177 e. The van der Waals surface area contributed by atoms with Crippen molar-refractivity contribution < 1.29 is 0 Å². The topological polar surface area (TPSA) is 149 Å². The van der Waals surface area contributed by atoms with Crippen LogP contribution in [-0.4, -0.2) is 11.7 Å². The van der Waals surface area contributed by atoms with Crippen LogP contribution in [-0.2, 0) is 11.3 Å². The summed E-state index contributed by atoms with van der Waals surface area (Å²) in [5.41, 5.74) is 13.6. The summed E-state index contributed by atoms with van der Waals surface area (Å²) in [6.45, 7) is 0. The summed E-state index contributed by atoms with van der Waals surface area (Å²) >= 11 is 0. The van der Waals surface area contributed by atoms with Gasteiger partial charge in [-0.2, -0.15) is 0 Å². The highest BCUT2D eigenvalue weighted by atomic mass is 15.1. The predicted molar refractivity (Wildman–Crippen MR) is 173 cm³/mol. The Kier molecular flexibility index (Phi) is 8.15. The first-order chi connectivity index (χ1) is 21.4. The molecular formula is C36H38N8. The van der Waals surface area contributed by atoms with Crippen LogP contribution in [0.4, 0.5) is 0 Å². The highest BCUT2D eigenvalue weighted by molar-refractivity contribution is 5.95. The van der Waals surface area contributed by atoms with Crippen molar-refractivity contribution in [1.82, 2.24) is 0 Å². The van der Waals surface area contributed by atoms with Gasteiger partial charge in [-0.05, 0) is 62.1 Å². The number of unbranched alkanes of at least 4 members (excludes halogenated alkanes) is 5. The molecule has 0 radical (unpaired) electrons. The molecule has 0 fully saturated rings. The molecule has 44 heavy (non-hydrogen) atoms. The summed E-state index contributed by atoms with van der Waals surface area (Å²) in [6, 6.07) is 31.6. The zero-order valence-electron chi connectivity index (χ0n) is 24.8. The van der Waals surface area contributed by atoms with Gasteiger partial charge >= 0.3 is 0 Å². The molecule has 4 aromatic carbocycles. The number of benzene rings is 4. The number of para-hydroxylation sites is 4. The van der Waals surface area contributed by atoms with Crippen LogP contribution in [0.15, 0.2) is 117 Å². The lowest BCUT2D eigenvalue weighted by molar-refractivity contribution is 0.390. The molecule has 8 nitrogen and oxygen atoms in total. The summed E-state index contributed by atoms with van der Waals surface area (Å²) in [6.07, 6.45) is 8.00. The fourth-order valence-corrected chi connectivity index (χ4v) is 6.25. The quantitative estimate of drug-likeness (QED) is 0.106. The molecule has 2 aliphatic heterocycles. The number of amidine groups is 2. The van der Waals surface area contributed by atoms with Crippen LogP contribution in [0.2, 0.25) is 0 Å². The Balaban J connectivity index is 1.08. The Morgan fingerprint density at radius 2 is 0.818 bits per heavy atom. The second kappa shape index (κ2) is 12.3. The Hall–Kier alpha value is -4.98. The van der Waals surface area contributed by atoms with Gasteiger partial charge in [-0.15, -0.1) is 0 Å². The average molecular weight is 583 g/mol. The predicted octanol–water partition coefficient (Wildman–Crippen LogP) is 4.29. The van der Waals surface area contributed by atoms with Gasteiger partial charge in [0.05, 0.1) is 21.4 Å². The first-order valence-corrected chi connectivity index (χ1v) is 15.4. The summed E-state index contributed by atoms with van der Waals surface area (Å²) < 4.78 is 0. The second-order valence-electron chi connectivity index (χ2n) is 11.7. The van der Waals surface area contributed by atoms with Crippen LogP contribution in [0.3, 0.4) is 0 Å². The molecule has 0 saturated heterocycles. The SMILES string of the molecule is N=C(N)c1cccc(C2(CCCCCCCCC3(c4cccc(C(=N)N)c4)N=c4ccccc4=N3)N=c3ccccc3=N2)c1. The van der Waals surface area contributed by atoms with E-state index in [1.54, 1.807) is 0 Å². The standard InChI is InChI=1S/C36H38N8/c37-33(38)25-13-11-15-27(23-25)35(41-29-17-5-6-18-30(29)42-35)21-9-3-1-2-4-10-22-36(28-16-12-14-26(24-28)34(39)40)43-31-19-7-8-20-32(31)44-36/h5-8,11-20,23-24H,1-4,9-10,21-22H2,(H3,37,38)(H3,39,40). The van der Waals surface area contributed by atoms with E-state index in [0.29, 0.717) is 11.1 Å². The second-order valence-corrected chi connectivity index (χ2v) is 11.7. The Labute approximate surface area is 257 Å². The molecule has 0 spiro atoms. The number of hydrogen-bond donors (Lipinski definition) is 4. The van der Waals surface area contributed by atoms with E-state index in [9.17, 15) is 0 Å². The molecule has 0 saturated carbocycles. The van der Waals surface area contributed by atoms with Crippen LogP contribution in [0.5, 0.6) is 0 Å². The molecular weight excluding hydrogens is 544 g/mol. The largest absolute Gasteiger partial charge is 0.384 e. The van der Waals surface area contributed by atoms with Crippen LogP contribution in [0.25, 0.3) is 0 Å². The molecule has 222 valence electrons. The minimum absolute atomic E-state index is 0.0490. The Morgan fingerprint density at radius 3 is 1.16 bits per heavy atom. The molecule has 8 heteroatoms. The van der Waals surface area contributed by atoms with Crippen molar-refractivity contribution in [3.8, 4) is 0 Å². The molecule has 4 aromatic rings. The Bertz CT molecular complexity index is 1750. The lowest BCUT2D eigenvalue weighted by Gasteiger charge is -2.25. The van der Waals surface area contributed by atoms with Gasteiger partial charge in [-0.1, -0.05) is 86.3 Å². The highest BCUT2D eigenvalue weighted by Crippen LogP contribution is 2.36. The third-order valence-corrected chi connectivity index (χ3v) is 8.56. The number of rotatable bonds is 13. The number of nitrogen functional groups attached to an aromatic ring is 2. The van der Waals surface area contributed by atoms with Gasteiger partial charge < -0.3 is 11.5 Å². The Morgan fingerprint density at radius 1 is 0.477 bits per heavy atom. The lowest BCUT2D eigenvalue weighted by atomic mass is 9.91. The average Bonchev–Trinajstić information content (AvgIpc) is 3.62. The zero-order chi connectivity index (χ0) is 30.6. The molecule has 0 unspecified atom stereocenters. The van der Waals surface area contributed by atoms with E-state index < -0.39 is 11.3 Å². The normalized spacial score (nSPS) is 15.2. The maximum absolute atomic E-state index is 7.91. The van der Waals surface area contributed by atoms with Crippen molar-refractivity contribution in [2.45, 2.75) is 62.7 Å². The molecule has 0 atom stereocenters. The van der Waals surface area contributed by atoms with Crippen molar-refractivity contribution >= 4 is 11.7 Å². The number of nitrogens with one attached hydrogen (secondary N) is 2. The fraction of sp³-hybridized carbons (Fsp3) is 0.278. The minimum Gasteiger partial charge on any atom is -0.384 e. The number of nitrogens with two attached hydrogens (primary N) is 2. The van der Waals surface area contributed by atoms with Crippen molar-refractivity contribution in [1.29, 1.82) is 10.8 Å². The summed E-state index contributed by atoms with van der Waals surface area (Å²) in [5.74, 6) is 0.0980. The molecule has 2 aliphatic rings. The summed E-state index contributed by atoms with van der Waals surface area (Å²) in [4.78, 5) is 20.4. The zero-order valence-corrected chi connectivity index (χ0v) is 24.8. The van der Waals surface area contributed by atoms with Gasteiger partial charge in [0.2, 0.25) is 0 Å². The molecule has 0 aliphatic carbocycles. The van der Waals surface area contributed by atoms with Crippen molar-refractivity contribution in [2.24, 2.45) is 31.4 Å². The minimum atomic E-state index is -0.684. The van der Waals surface area contributed by atoms with E-state index in [1.807, 2.05) is 97.1 Å². The molecule has 6 N–H and O–H groups in total. The summed E-state index contributed by atoms with van der Waals surface area (Å²) in [5, 5.41) is 19.5. The van der Waals surface area contributed by atoms with Gasteiger partial charge in [0.15, 0.2) is 11.3 Å². The molecule has 0 bridgehead atoms. The third kappa shape index (κ3) is 5.93. The van der Waals surface area contributed by atoms with E-state index in [2.05, 4.69) is 0 Å². The van der Waals surface area contributed by atoms with E-state index >= 15 is 0 Å². The first kappa shape index (κ1) is 29.1. The maximum Gasteiger partial charge on any atom is 0.177 e. The number of nitrogens with zero attached hydrogens (tertiary/aromatic N) is 4. The van der Waals surface area contributed by atoms with Gasteiger partial charge in [0.25, 0.3) is 0 Å².